The lowest BCUT2D eigenvalue weighted by Crippen LogP contribution is -2.43. The standard InChI is InChI=1S/C16H15ClN2O3S/c1-11-9-12(4-6-14(11)17)22-10-16(21)19-18-15(20)7-5-13-3-2-8-23-13/h2-9H,10H2,1H3,(H,18,20)(H,19,21). The van der Waals surface area contributed by atoms with E-state index in [1.165, 1.54) is 17.4 Å². The molecule has 1 heterocycles. The number of aryl methyl sites for hydroxylation is 1. The largest absolute Gasteiger partial charge is 0.484 e. The maximum Gasteiger partial charge on any atom is 0.276 e. The van der Waals surface area contributed by atoms with Crippen LogP contribution in [0.2, 0.25) is 5.02 Å². The number of rotatable bonds is 5. The predicted molar refractivity (Wildman–Crippen MR) is 91.3 cm³/mol. The lowest BCUT2D eigenvalue weighted by Gasteiger charge is -2.08. The summed E-state index contributed by atoms with van der Waals surface area (Å²) in [6.45, 7) is 1.63. The molecular weight excluding hydrogens is 336 g/mol. The highest BCUT2D eigenvalue weighted by atomic mass is 35.5. The number of benzene rings is 1. The van der Waals surface area contributed by atoms with Gasteiger partial charge in [0.25, 0.3) is 11.8 Å². The minimum Gasteiger partial charge on any atom is -0.484 e. The van der Waals surface area contributed by atoms with Crippen LogP contribution in [0, 0.1) is 6.92 Å². The summed E-state index contributed by atoms with van der Waals surface area (Å²) in [5, 5.41) is 2.54. The van der Waals surface area contributed by atoms with Gasteiger partial charge in [0.15, 0.2) is 6.61 Å². The zero-order valence-corrected chi connectivity index (χ0v) is 13.9. The van der Waals surface area contributed by atoms with Crippen molar-refractivity contribution in [2.24, 2.45) is 0 Å². The molecule has 0 radical (unpaired) electrons. The van der Waals surface area contributed by atoms with E-state index >= 15 is 0 Å². The predicted octanol–water partition coefficient (Wildman–Crippen LogP) is 2.95. The Labute approximate surface area is 142 Å². The summed E-state index contributed by atoms with van der Waals surface area (Å²) in [7, 11) is 0. The zero-order chi connectivity index (χ0) is 16.7. The molecule has 0 unspecified atom stereocenters. The number of carbonyl (C=O) groups excluding carboxylic acids is 2. The third kappa shape index (κ3) is 5.77. The van der Waals surface area contributed by atoms with Crippen molar-refractivity contribution in [1.82, 2.24) is 10.9 Å². The van der Waals surface area contributed by atoms with Gasteiger partial charge in [0.05, 0.1) is 0 Å². The number of hydrogen-bond acceptors (Lipinski definition) is 4. The Bertz CT molecular complexity index is 714. The van der Waals surface area contributed by atoms with E-state index in [1.54, 1.807) is 24.3 Å². The van der Waals surface area contributed by atoms with E-state index in [0.717, 1.165) is 10.4 Å². The number of amides is 2. The lowest BCUT2D eigenvalue weighted by molar-refractivity contribution is -0.128. The molecule has 23 heavy (non-hydrogen) atoms. The molecule has 0 atom stereocenters. The molecule has 2 aromatic rings. The normalized spacial score (nSPS) is 10.5. The van der Waals surface area contributed by atoms with Crippen molar-refractivity contribution in [3.05, 3.63) is 57.3 Å². The highest BCUT2D eigenvalue weighted by Crippen LogP contribution is 2.20. The number of halogens is 1. The van der Waals surface area contributed by atoms with Crippen molar-refractivity contribution in [1.29, 1.82) is 0 Å². The molecule has 2 N–H and O–H groups in total. The van der Waals surface area contributed by atoms with Crippen molar-refractivity contribution in [3.8, 4) is 5.75 Å². The van der Waals surface area contributed by atoms with Gasteiger partial charge in [0, 0.05) is 16.0 Å². The van der Waals surface area contributed by atoms with Crippen LogP contribution in [-0.2, 0) is 9.59 Å². The molecule has 2 rings (SSSR count). The fourth-order valence-corrected chi connectivity index (χ4v) is 2.34. The summed E-state index contributed by atoms with van der Waals surface area (Å²) in [5.74, 6) is -0.351. The SMILES string of the molecule is Cc1cc(OCC(=O)NNC(=O)C=Cc2cccs2)ccc1Cl. The molecule has 0 bridgehead atoms. The van der Waals surface area contributed by atoms with Crippen molar-refractivity contribution in [2.45, 2.75) is 6.92 Å². The Kier molecular flexibility index (Phi) is 6.19. The fraction of sp³-hybridized carbons (Fsp3) is 0.125. The second-order valence-corrected chi connectivity index (χ2v) is 5.97. The summed E-state index contributed by atoms with van der Waals surface area (Å²) in [5.41, 5.74) is 5.41. The molecular formula is C16H15ClN2O3S. The van der Waals surface area contributed by atoms with Crippen LogP contribution in [0.3, 0.4) is 0 Å². The zero-order valence-electron chi connectivity index (χ0n) is 12.3. The average Bonchev–Trinajstić information content (AvgIpc) is 3.05. The van der Waals surface area contributed by atoms with Crippen LogP contribution in [0.5, 0.6) is 5.75 Å². The minimum atomic E-state index is -0.463. The van der Waals surface area contributed by atoms with E-state index in [-0.39, 0.29) is 6.61 Å². The van der Waals surface area contributed by atoms with Gasteiger partial charge in [-0.1, -0.05) is 17.7 Å². The third-order valence-corrected chi connectivity index (χ3v) is 4.03. The molecule has 0 saturated heterocycles. The average molecular weight is 351 g/mol. The summed E-state index contributed by atoms with van der Waals surface area (Å²) < 4.78 is 5.32. The van der Waals surface area contributed by atoms with Crippen LogP contribution in [0.4, 0.5) is 0 Å². The Morgan fingerprint density at radius 3 is 2.83 bits per heavy atom. The van der Waals surface area contributed by atoms with E-state index in [2.05, 4.69) is 10.9 Å². The smallest absolute Gasteiger partial charge is 0.276 e. The summed E-state index contributed by atoms with van der Waals surface area (Å²) >= 11 is 7.42. The summed E-state index contributed by atoms with van der Waals surface area (Å²) in [6, 6.07) is 8.87. The summed E-state index contributed by atoms with van der Waals surface area (Å²) in [6.07, 6.45) is 3.01. The van der Waals surface area contributed by atoms with Crippen LogP contribution < -0.4 is 15.6 Å². The highest BCUT2D eigenvalue weighted by Gasteiger charge is 2.05. The molecule has 0 aliphatic heterocycles. The highest BCUT2D eigenvalue weighted by molar-refractivity contribution is 7.10. The van der Waals surface area contributed by atoms with Crippen LogP contribution in [-0.4, -0.2) is 18.4 Å². The molecule has 1 aromatic carbocycles. The fourth-order valence-electron chi connectivity index (χ4n) is 1.61. The Hall–Kier alpha value is -2.31. The molecule has 0 aliphatic rings. The molecule has 1 aromatic heterocycles. The van der Waals surface area contributed by atoms with Gasteiger partial charge in [-0.15, -0.1) is 11.3 Å². The molecule has 0 saturated carbocycles. The molecule has 5 nitrogen and oxygen atoms in total. The number of nitrogens with one attached hydrogen (secondary N) is 2. The second kappa shape index (κ2) is 8.36. The summed E-state index contributed by atoms with van der Waals surface area (Å²) in [4.78, 5) is 24.1. The first-order valence-corrected chi connectivity index (χ1v) is 8.00. The maximum absolute atomic E-state index is 11.6. The Morgan fingerprint density at radius 2 is 2.13 bits per heavy atom. The van der Waals surface area contributed by atoms with Gasteiger partial charge in [-0.05, 0) is 48.2 Å². The first-order chi connectivity index (χ1) is 11.0. The van der Waals surface area contributed by atoms with E-state index in [4.69, 9.17) is 16.3 Å². The van der Waals surface area contributed by atoms with Gasteiger partial charge in [0.1, 0.15) is 5.75 Å². The second-order valence-electron chi connectivity index (χ2n) is 4.59. The first-order valence-electron chi connectivity index (χ1n) is 6.74. The van der Waals surface area contributed by atoms with Gasteiger partial charge < -0.3 is 4.74 Å². The van der Waals surface area contributed by atoms with Gasteiger partial charge in [-0.25, -0.2) is 0 Å². The van der Waals surface area contributed by atoms with E-state index < -0.39 is 11.8 Å². The van der Waals surface area contributed by atoms with E-state index in [0.29, 0.717) is 10.8 Å². The van der Waals surface area contributed by atoms with Gasteiger partial charge in [-0.3, -0.25) is 20.4 Å². The number of hydrogen-bond donors (Lipinski definition) is 2. The quantitative estimate of drug-likeness (QED) is 0.643. The monoisotopic (exact) mass is 350 g/mol. The topological polar surface area (TPSA) is 67.4 Å². The number of thiophene rings is 1. The van der Waals surface area contributed by atoms with Gasteiger partial charge in [0.2, 0.25) is 0 Å². The van der Waals surface area contributed by atoms with Crippen molar-refractivity contribution < 1.29 is 14.3 Å². The van der Waals surface area contributed by atoms with E-state index in [1.807, 2.05) is 24.4 Å². The molecule has 2 amide bonds. The maximum atomic E-state index is 11.6. The minimum absolute atomic E-state index is 0.212. The first kappa shape index (κ1) is 17.1. The van der Waals surface area contributed by atoms with Crippen molar-refractivity contribution >= 4 is 40.8 Å². The Balaban J connectivity index is 1.72. The molecule has 7 heteroatoms. The van der Waals surface area contributed by atoms with Gasteiger partial charge >= 0.3 is 0 Å². The number of ether oxygens (including phenoxy) is 1. The van der Waals surface area contributed by atoms with Crippen molar-refractivity contribution in [2.75, 3.05) is 6.61 Å². The van der Waals surface area contributed by atoms with Crippen LogP contribution in [0.15, 0.2) is 41.8 Å². The number of hydrazine groups is 1. The molecule has 0 aliphatic carbocycles. The third-order valence-electron chi connectivity index (χ3n) is 2.77. The van der Waals surface area contributed by atoms with Gasteiger partial charge in [-0.2, -0.15) is 0 Å². The van der Waals surface area contributed by atoms with Crippen LogP contribution >= 0.6 is 22.9 Å². The van der Waals surface area contributed by atoms with E-state index in [9.17, 15) is 9.59 Å². The molecule has 120 valence electrons. The molecule has 0 fully saturated rings. The van der Waals surface area contributed by atoms with Crippen LogP contribution in [0.25, 0.3) is 6.08 Å². The molecule has 0 spiro atoms. The Morgan fingerprint density at radius 1 is 1.30 bits per heavy atom. The number of carbonyl (C=O) groups is 2. The van der Waals surface area contributed by atoms with Crippen molar-refractivity contribution in [3.63, 3.8) is 0 Å². The lowest BCUT2D eigenvalue weighted by atomic mass is 10.2. The van der Waals surface area contributed by atoms with Crippen LogP contribution in [0.1, 0.15) is 10.4 Å².